The molecule has 0 bridgehead atoms. The number of para-hydroxylation sites is 1. The second-order valence-corrected chi connectivity index (χ2v) is 8.10. The van der Waals surface area contributed by atoms with Crippen LogP contribution in [0.5, 0.6) is 5.75 Å². The van der Waals surface area contributed by atoms with E-state index in [4.69, 9.17) is 4.74 Å². The first-order valence-corrected chi connectivity index (χ1v) is 9.92. The van der Waals surface area contributed by atoms with Gasteiger partial charge in [-0.1, -0.05) is 24.3 Å². The van der Waals surface area contributed by atoms with Crippen molar-refractivity contribution in [3.05, 3.63) is 54.1 Å². The number of amides is 1. The van der Waals surface area contributed by atoms with Crippen molar-refractivity contribution < 1.29 is 19.4 Å². The topological polar surface area (TPSA) is 70.1 Å². The molecule has 0 fully saturated rings. The van der Waals surface area contributed by atoms with E-state index in [2.05, 4.69) is 0 Å². The summed E-state index contributed by atoms with van der Waals surface area (Å²) in [5, 5.41) is 9.21. The van der Waals surface area contributed by atoms with Crippen molar-refractivity contribution >= 4 is 29.3 Å². The van der Waals surface area contributed by atoms with Crippen LogP contribution in [0.15, 0.2) is 53.4 Å². The minimum atomic E-state index is -0.957. The zero-order valence-corrected chi connectivity index (χ0v) is 17.0. The molecule has 2 unspecified atom stereocenters. The molecular formula is C21H24N2O4S. The highest BCUT2D eigenvalue weighted by Gasteiger charge is 2.40. The Morgan fingerprint density at radius 1 is 1.18 bits per heavy atom. The van der Waals surface area contributed by atoms with Crippen molar-refractivity contribution in [3.63, 3.8) is 0 Å². The first-order chi connectivity index (χ1) is 13.4. The van der Waals surface area contributed by atoms with Gasteiger partial charge in [0, 0.05) is 24.9 Å². The molecule has 0 saturated carbocycles. The number of carbonyl (C=O) groups excluding carboxylic acids is 2. The van der Waals surface area contributed by atoms with Gasteiger partial charge in [0.05, 0.1) is 10.9 Å². The third-order valence-corrected chi connectivity index (χ3v) is 5.85. The Hall–Kier alpha value is -2.51. The summed E-state index contributed by atoms with van der Waals surface area (Å²) in [4.78, 5) is 29.9. The lowest BCUT2D eigenvalue weighted by Crippen LogP contribution is -2.45. The van der Waals surface area contributed by atoms with Crippen molar-refractivity contribution in [2.45, 2.75) is 23.2 Å². The molecule has 1 N–H and O–H groups in total. The van der Waals surface area contributed by atoms with Gasteiger partial charge in [-0.05, 0) is 43.9 Å². The summed E-state index contributed by atoms with van der Waals surface area (Å²) in [5.41, 5.74) is 1.63. The number of thioether (sulfide) groups is 1. The van der Waals surface area contributed by atoms with Crippen LogP contribution in [0.4, 0.5) is 5.69 Å². The first-order valence-electron chi connectivity index (χ1n) is 9.05. The van der Waals surface area contributed by atoms with Gasteiger partial charge >= 0.3 is 5.97 Å². The average molecular weight is 401 g/mol. The largest absolute Gasteiger partial charge is 0.508 e. The summed E-state index contributed by atoms with van der Waals surface area (Å²) in [7, 11) is 3.90. The zero-order chi connectivity index (χ0) is 20.3. The molecule has 1 amide bonds. The number of benzene rings is 2. The fourth-order valence-electron chi connectivity index (χ4n) is 3.11. The second-order valence-electron chi connectivity index (χ2n) is 6.92. The van der Waals surface area contributed by atoms with E-state index < -0.39 is 17.3 Å². The number of phenols is 1. The lowest BCUT2D eigenvalue weighted by Gasteiger charge is -2.28. The molecular weight excluding hydrogens is 376 g/mol. The molecule has 2 aromatic rings. The monoisotopic (exact) mass is 400 g/mol. The fraction of sp³-hybridized carbons (Fsp3) is 0.333. The van der Waals surface area contributed by atoms with Crippen molar-refractivity contribution in [2.75, 3.05) is 32.1 Å². The first kappa shape index (κ1) is 20.2. The Morgan fingerprint density at radius 2 is 1.86 bits per heavy atom. The molecule has 1 heterocycles. The molecule has 6 nitrogen and oxygen atoms in total. The van der Waals surface area contributed by atoms with Crippen molar-refractivity contribution in [2.24, 2.45) is 0 Å². The van der Waals surface area contributed by atoms with Crippen LogP contribution in [0.25, 0.3) is 0 Å². The van der Waals surface area contributed by atoms with Crippen LogP contribution in [0.2, 0.25) is 0 Å². The Labute approximate surface area is 169 Å². The molecule has 1 aliphatic rings. The summed E-state index contributed by atoms with van der Waals surface area (Å²) >= 11 is 1.49. The van der Waals surface area contributed by atoms with Crippen molar-refractivity contribution in [1.82, 2.24) is 4.90 Å². The second kappa shape index (κ2) is 8.67. The van der Waals surface area contributed by atoms with Crippen LogP contribution < -0.4 is 4.90 Å². The van der Waals surface area contributed by atoms with E-state index in [0.717, 1.165) is 16.1 Å². The molecule has 2 aromatic carbocycles. The highest BCUT2D eigenvalue weighted by Crippen LogP contribution is 2.46. The minimum Gasteiger partial charge on any atom is -0.508 e. The maximum absolute atomic E-state index is 13.5. The Bertz CT molecular complexity index is 854. The minimum absolute atomic E-state index is 0.144. The summed E-state index contributed by atoms with van der Waals surface area (Å²) in [5.74, 6) is -0.598. The number of rotatable bonds is 5. The van der Waals surface area contributed by atoms with Gasteiger partial charge in [-0.2, -0.15) is 0 Å². The van der Waals surface area contributed by atoms with Crippen LogP contribution in [0, 0.1) is 0 Å². The number of anilines is 1. The summed E-state index contributed by atoms with van der Waals surface area (Å²) < 4.78 is 5.52. The van der Waals surface area contributed by atoms with Crippen LogP contribution in [-0.4, -0.2) is 55.2 Å². The highest BCUT2D eigenvalue weighted by atomic mass is 32.2. The smallest absolute Gasteiger partial charge is 0.303 e. The number of nitrogens with zero attached hydrogens (tertiary/aromatic N) is 2. The van der Waals surface area contributed by atoms with Gasteiger partial charge in [0.2, 0.25) is 0 Å². The highest BCUT2D eigenvalue weighted by molar-refractivity contribution is 7.99. The average Bonchev–Trinajstić information content (AvgIpc) is 2.76. The normalized spacial score (nSPS) is 19.3. The number of likely N-dealkylation sites (N-methyl/N-ethyl adjacent to an activating group) is 1. The fourth-order valence-corrected chi connectivity index (χ4v) is 4.43. The van der Waals surface area contributed by atoms with Gasteiger partial charge < -0.3 is 19.6 Å². The van der Waals surface area contributed by atoms with E-state index in [1.807, 2.05) is 43.3 Å². The molecule has 3 rings (SSSR count). The SMILES string of the molecule is CC(=O)OC1C(=O)N(CCN(C)C)c2ccccc2SC1c1ccc(O)cc1. The molecule has 1 aliphatic heterocycles. The Balaban J connectivity index is 2.07. The summed E-state index contributed by atoms with van der Waals surface area (Å²) in [6, 6.07) is 14.4. The van der Waals surface area contributed by atoms with Gasteiger partial charge in [0.1, 0.15) is 5.75 Å². The molecule has 0 saturated heterocycles. The van der Waals surface area contributed by atoms with E-state index >= 15 is 0 Å². The van der Waals surface area contributed by atoms with Gasteiger partial charge in [-0.15, -0.1) is 11.8 Å². The molecule has 7 heteroatoms. The molecule has 0 radical (unpaired) electrons. The number of ether oxygens (including phenoxy) is 1. The van der Waals surface area contributed by atoms with Gasteiger partial charge in [-0.25, -0.2) is 0 Å². The van der Waals surface area contributed by atoms with E-state index in [-0.39, 0.29) is 11.7 Å². The molecule has 0 aliphatic carbocycles. The van der Waals surface area contributed by atoms with E-state index in [1.54, 1.807) is 29.2 Å². The van der Waals surface area contributed by atoms with E-state index in [1.165, 1.54) is 18.7 Å². The number of hydrogen-bond donors (Lipinski definition) is 1. The van der Waals surface area contributed by atoms with Gasteiger partial charge in [-0.3, -0.25) is 9.59 Å². The van der Waals surface area contributed by atoms with Gasteiger partial charge in [0.25, 0.3) is 5.91 Å². The van der Waals surface area contributed by atoms with Crippen LogP contribution in [-0.2, 0) is 14.3 Å². The number of aromatic hydroxyl groups is 1. The number of phenolic OH excluding ortho intramolecular Hbond substituents is 1. The predicted molar refractivity (Wildman–Crippen MR) is 110 cm³/mol. The lowest BCUT2D eigenvalue weighted by molar-refractivity contribution is -0.152. The third kappa shape index (κ3) is 4.48. The number of hydrogen-bond acceptors (Lipinski definition) is 6. The molecule has 148 valence electrons. The lowest BCUT2D eigenvalue weighted by atomic mass is 10.1. The number of fused-ring (bicyclic) bond motifs is 1. The third-order valence-electron chi connectivity index (χ3n) is 4.48. The van der Waals surface area contributed by atoms with Crippen LogP contribution in [0.3, 0.4) is 0 Å². The molecule has 0 aromatic heterocycles. The standard InChI is InChI=1S/C21H24N2O4S/c1-14(24)27-19-20(15-8-10-16(25)11-9-15)28-18-7-5-4-6-17(18)23(21(19)26)13-12-22(2)3/h4-11,19-20,25H,12-13H2,1-3H3. The Kier molecular flexibility index (Phi) is 6.26. The van der Waals surface area contributed by atoms with Gasteiger partial charge in [0.15, 0.2) is 6.10 Å². The maximum atomic E-state index is 13.5. The van der Waals surface area contributed by atoms with Crippen molar-refractivity contribution in [3.8, 4) is 5.75 Å². The van der Waals surface area contributed by atoms with Crippen molar-refractivity contribution in [1.29, 1.82) is 0 Å². The quantitative estimate of drug-likeness (QED) is 0.778. The molecule has 28 heavy (non-hydrogen) atoms. The van der Waals surface area contributed by atoms with E-state index in [9.17, 15) is 14.7 Å². The molecule has 0 spiro atoms. The number of carbonyl (C=O) groups is 2. The Morgan fingerprint density at radius 3 is 2.50 bits per heavy atom. The van der Waals surface area contributed by atoms with E-state index in [0.29, 0.717) is 13.1 Å². The summed E-state index contributed by atoms with van der Waals surface area (Å²) in [6.07, 6.45) is -0.957. The summed E-state index contributed by atoms with van der Waals surface area (Å²) in [6.45, 7) is 2.49. The number of esters is 1. The predicted octanol–water partition coefficient (Wildman–Crippen LogP) is 3.07. The van der Waals surface area contributed by atoms with Crippen LogP contribution in [0.1, 0.15) is 17.7 Å². The zero-order valence-electron chi connectivity index (χ0n) is 16.2. The van der Waals surface area contributed by atoms with Crippen LogP contribution >= 0.6 is 11.8 Å². The maximum Gasteiger partial charge on any atom is 0.303 e. The molecule has 2 atom stereocenters.